The summed E-state index contributed by atoms with van der Waals surface area (Å²) in [5, 5.41) is 0. The molecule has 0 aromatic heterocycles. The Hall–Kier alpha value is -0.660. The average Bonchev–Trinajstić information content (AvgIpc) is 2.05. The lowest BCUT2D eigenvalue weighted by Gasteiger charge is -2.10. The molecule has 0 heterocycles. The molecule has 0 amide bonds. The van der Waals surface area contributed by atoms with Gasteiger partial charge in [0.25, 0.3) is 0 Å². The molecule has 0 rings (SSSR count). The molecule has 70 valence electrons. The summed E-state index contributed by atoms with van der Waals surface area (Å²) in [6.07, 6.45) is 3.51. The highest BCUT2D eigenvalue weighted by atomic mass is 16.1. The van der Waals surface area contributed by atoms with Crippen molar-refractivity contribution < 1.29 is 9.59 Å². The van der Waals surface area contributed by atoms with Crippen LogP contribution < -0.4 is 0 Å². The number of hydrogen-bond donors (Lipinski definition) is 0. The predicted octanol–water partition coefficient (Wildman–Crippen LogP) is 2.22. The van der Waals surface area contributed by atoms with Gasteiger partial charge in [-0.2, -0.15) is 0 Å². The van der Waals surface area contributed by atoms with Crippen LogP contribution in [0.5, 0.6) is 0 Å². The van der Waals surface area contributed by atoms with Gasteiger partial charge < -0.3 is 4.79 Å². The molecule has 0 aliphatic carbocycles. The van der Waals surface area contributed by atoms with E-state index in [1.807, 2.05) is 13.8 Å². The lowest BCUT2D eigenvalue weighted by molar-refractivity contribution is -0.130. The van der Waals surface area contributed by atoms with Gasteiger partial charge in [0.1, 0.15) is 12.1 Å². The molecule has 0 aliphatic rings. The van der Waals surface area contributed by atoms with Gasteiger partial charge in [-0.3, -0.25) is 4.79 Å². The average molecular weight is 170 g/mol. The van der Waals surface area contributed by atoms with E-state index in [2.05, 4.69) is 6.92 Å². The van der Waals surface area contributed by atoms with Crippen LogP contribution in [0.1, 0.15) is 40.0 Å². The summed E-state index contributed by atoms with van der Waals surface area (Å²) in [7, 11) is 0. The zero-order chi connectivity index (χ0) is 9.56. The second-order valence-electron chi connectivity index (χ2n) is 3.44. The molecule has 0 radical (unpaired) electrons. The molecule has 0 saturated heterocycles. The lowest BCUT2D eigenvalue weighted by atomic mass is 9.92. The van der Waals surface area contributed by atoms with Gasteiger partial charge in [0.05, 0.1) is 5.92 Å². The molecule has 2 nitrogen and oxygen atoms in total. The van der Waals surface area contributed by atoms with Crippen LogP contribution in [0.4, 0.5) is 0 Å². The summed E-state index contributed by atoms with van der Waals surface area (Å²) in [6.45, 7) is 5.73. The number of aldehydes is 1. The predicted molar refractivity (Wildman–Crippen MR) is 48.9 cm³/mol. The largest absolute Gasteiger partial charge is 0.303 e. The maximum atomic E-state index is 11.3. The molecule has 1 unspecified atom stereocenters. The molecular weight excluding hydrogens is 152 g/mol. The van der Waals surface area contributed by atoms with Crippen LogP contribution in [-0.4, -0.2) is 12.1 Å². The van der Waals surface area contributed by atoms with Crippen LogP contribution in [0.25, 0.3) is 0 Å². The summed E-state index contributed by atoms with van der Waals surface area (Å²) in [6, 6.07) is 0. The Labute approximate surface area is 74.3 Å². The van der Waals surface area contributed by atoms with Crippen LogP contribution in [0.15, 0.2) is 0 Å². The zero-order valence-electron chi connectivity index (χ0n) is 8.17. The Morgan fingerprint density at radius 2 is 2.00 bits per heavy atom. The molecule has 0 spiro atoms. The highest BCUT2D eigenvalue weighted by Gasteiger charge is 2.19. The number of rotatable bonds is 6. The van der Waals surface area contributed by atoms with Gasteiger partial charge in [-0.15, -0.1) is 0 Å². The van der Waals surface area contributed by atoms with E-state index in [-0.39, 0.29) is 17.6 Å². The summed E-state index contributed by atoms with van der Waals surface area (Å²) in [4.78, 5) is 21.9. The monoisotopic (exact) mass is 170 g/mol. The summed E-state index contributed by atoms with van der Waals surface area (Å²) in [5.74, 6) is -0.291. The van der Waals surface area contributed by atoms with Crippen LogP contribution >= 0.6 is 0 Å². The van der Waals surface area contributed by atoms with Gasteiger partial charge in [0.15, 0.2) is 0 Å². The number of ketones is 1. The molecular formula is C10H18O2. The van der Waals surface area contributed by atoms with Crippen molar-refractivity contribution in [2.24, 2.45) is 11.8 Å². The lowest BCUT2D eigenvalue weighted by Crippen LogP contribution is -2.20. The van der Waals surface area contributed by atoms with Crippen molar-refractivity contribution in [1.29, 1.82) is 0 Å². The van der Waals surface area contributed by atoms with Crippen molar-refractivity contribution in [3.63, 3.8) is 0 Å². The van der Waals surface area contributed by atoms with Gasteiger partial charge in [0.2, 0.25) is 0 Å². The maximum Gasteiger partial charge on any atom is 0.145 e. The SMILES string of the molecule is CCCCC(C=O)C(=O)C(C)C. The molecule has 0 aromatic rings. The Morgan fingerprint density at radius 1 is 1.42 bits per heavy atom. The number of carbonyl (C=O) groups excluding carboxylic acids is 2. The summed E-state index contributed by atoms with van der Waals surface area (Å²) in [5.41, 5.74) is 0. The van der Waals surface area contributed by atoms with Crippen molar-refractivity contribution in [2.75, 3.05) is 0 Å². The van der Waals surface area contributed by atoms with Gasteiger partial charge in [0, 0.05) is 5.92 Å². The van der Waals surface area contributed by atoms with Gasteiger partial charge in [-0.1, -0.05) is 33.6 Å². The molecule has 0 aliphatic heterocycles. The molecule has 0 saturated carbocycles. The van der Waals surface area contributed by atoms with Crippen LogP contribution in [0, 0.1) is 11.8 Å². The van der Waals surface area contributed by atoms with Gasteiger partial charge >= 0.3 is 0 Å². The molecule has 1 atom stereocenters. The molecule has 12 heavy (non-hydrogen) atoms. The molecule has 0 aromatic carbocycles. The number of Topliss-reactive ketones (excluding diaryl/α,β-unsaturated/α-hetero) is 1. The van der Waals surface area contributed by atoms with Gasteiger partial charge in [-0.05, 0) is 6.42 Å². The summed E-state index contributed by atoms with van der Waals surface area (Å²) < 4.78 is 0. The smallest absolute Gasteiger partial charge is 0.145 e. The van der Waals surface area contributed by atoms with E-state index >= 15 is 0 Å². The van der Waals surface area contributed by atoms with Crippen molar-refractivity contribution in [1.82, 2.24) is 0 Å². The molecule has 0 N–H and O–H groups in total. The topological polar surface area (TPSA) is 34.1 Å². The molecule has 0 fully saturated rings. The Morgan fingerprint density at radius 3 is 2.33 bits per heavy atom. The van der Waals surface area contributed by atoms with Crippen molar-refractivity contribution in [2.45, 2.75) is 40.0 Å². The van der Waals surface area contributed by atoms with Crippen molar-refractivity contribution in [3.8, 4) is 0 Å². The summed E-state index contributed by atoms with van der Waals surface area (Å²) >= 11 is 0. The number of hydrogen-bond acceptors (Lipinski definition) is 2. The second kappa shape index (κ2) is 5.92. The second-order valence-corrected chi connectivity index (χ2v) is 3.44. The highest BCUT2D eigenvalue weighted by molar-refractivity contribution is 5.94. The first-order valence-corrected chi connectivity index (χ1v) is 4.62. The third-order valence-corrected chi connectivity index (χ3v) is 1.97. The Kier molecular flexibility index (Phi) is 5.60. The number of unbranched alkanes of at least 4 members (excludes halogenated alkanes) is 1. The van der Waals surface area contributed by atoms with E-state index in [0.29, 0.717) is 0 Å². The fourth-order valence-corrected chi connectivity index (χ4v) is 1.13. The molecule has 2 heteroatoms. The Bertz CT molecular complexity index is 150. The minimum absolute atomic E-state index is 0.0166. The van der Waals surface area contributed by atoms with Crippen LogP contribution in [-0.2, 0) is 9.59 Å². The minimum Gasteiger partial charge on any atom is -0.303 e. The van der Waals surface area contributed by atoms with Crippen molar-refractivity contribution >= 4 is 12.1 Å². The first kappa shape index (κ1) is 11.3. The first-order valence-electron chi connectivity index (χ1n) is 4.62. The quantitative estimate of drug-likeness (QED) is 0.452. The van der Waals surface area contributed by atoms with E-state index in [1.54, 1.807) is 0 Å². The fourth-order valence-electron chi connectivity index (χ4n) is 1.13. The third kappa shape index (κ3) is 3.65. The third-order valence-electron chi connectivity index (χ3n) is 1.97. The Balaban J connectivity index is 3.96. The van der Waals surface area contributed by atoms with E-state index in [4.69, 9.17) is 0 Å². The van der Waals surface area contributed by atoms with Crippen molar-refractivity contribution in [3.05, 3.63) is 0 Å². The van der Waals surface area contributed by atoms with Crippen LogP contribution in [0.3, 0.4) is 0 Å². The zero-order valence-corrected chi connectivity index (χ0v) is 8.17. The van der Waals surface area contributed by atoms with E-state index < -0.39 is 0 Å². The molecule has 0 bridgehead atoms. The number of carbonyl (C=O) groups is 2. The van der Waals surface area contributed by atoms with E-state index in [9.17, 15) is 9.59 Å². The normalized spacial score (nSPS) is 13.0. The standard InChI is InChI=1S/C10H18O2/c1-4-5-6-9(7-11)10(12)8(2)3/h7-9H,4-6H2,1-3H3. The van der Waals surface area contributed by atoms with E-state index in [1.165, 1.54) is 0 Å². The van der Waals surface area contributed by atoms with Gasteiger partial charge in [-0.25, -0.2) is 0 Å². The first-order chi connectivity index (χ1) is 5.63. The highest BCUT2D eigenvalue weighted by Crippen LogP contribution is 2.12. The maximum absolute atomic E-state index is 11.3. The fraction of sp³-hybridized carbons (Fsp3) is 0.800. The van der Waals surface area contributed by atoms with E-state index in [0.717, 1.165) is 25.5 Å². The minimum atomic E-state index is -0.357. The van der Waals surface area contributed by atoms with Crippen LogP contribution in [0.2, 0.25) is 0 Å².